The first-order chi connectivity index (χ1) is 6.27. The van der Waals surface area contributed by atoms with Crippen molar-refractivity contribution in [1.29, 1.82) is 0 Å². The molecule has 0 N–H and O–H groups in total. The summed E-state index contributed by atoms with van der Waals surface area (Å²) in [6, 6.07) is 3.29. The highest BCUT2D eigenvalue weighted by Crippen LogP contribution is 2.19. The summed E-state index contributed by atoms with van der Waals surface area (Å²) in [5, 5.41) is 3.72. The third kappa shape index (κ3) is 2.50. The lowest BCUT2D eigenvalue weighted by atomic mass is 10.3. The van der Waals surface area contributed by atoms with Gasteiger partial charge < -0.3 is 4.74 Å². The number of rotatable bonds is 3. The van der Waals surface area contributed by atoms with Gasteiger partial charge in [-0.25, -0.2) is 4.98 Å². The van der Waals surface area contributed by atoms with Gasteiger partial charge in [-0.15, -0.1) is 0 Å². The van der Waals surface area contributed by atoms with E-state index in [2.05, 4.69) is 15.0 Å². The van der Waals surface area contributed by atoms with Crippen molar-refractivity contribution in [3.8, 4) is 5.75 Å². The molecule has 5 nitrogen and oxygen atoms in total. The Morgan fingerprint density at radius 3 is 3.08 bits per heavy atom. The van der Waals surface area contributed by atoms with Crippen molar-refractivity contribution >= 4 is 11.6 Å². The van der Waals surface area contributed by atoms with Gasteiger partial charge in [0.25, 0.3) is 0 Å². The Morgan fingerprint density at radius 2 is 2.46 bits per heavy atom. The number of hydrogen-bond donors (Lipinski definition) is 0. The zero-order valence-corrected chi connectivity index (χ0v) is 7.69. The number of methoxy groups -OCH3 is 1. The van der Waals surface area contributed by atoms with Crippen molar-refractivity contribution in [2.75, 3.05) is 7.11 Å². The van der Waals surface area contributed by atoms with Crippen LogP contribution in [0.5, 0.6) is 5.75 Å². The molecule has 0 radical (unpaired) electrons. The molecule has 1 heterocycles. The quantitative estimate of drug-likeness (QED) is 0.324. The van der Waals surface area contributed by atoms with Crippen LogP contribution < -0.4 is 4.74 Å². The van der Waals surface area contributed by atoms with Gasteiger partial charge in [-0.1, -0.05) is 16.7 Å². The smallest absolute Gasteiger partial charge is 0.140 e. The average molecular weight is 199 g/mol. The SMILES string of the molecule is COc1ccc(Cl)nc1CN=[N+]=[N-]. The lowest BCUT2D eigenvalue weighted by Crippen LogP contribution is -1.94. The van der Waals surface area contributed by atoms with Crippen LogP contribution in [0.2, 0.25) is 5.15 Å². The molecule has 0 aromatic carbocycles. The molecule has 0 saturated heterocycles. The molecule has 0 fully saturated rings. The molecule has 0 aliphatic heterocycles. The summed E-state index contributed by atoms with van der Waals surface area (Å²) in [6.07, 6.45) is 0. The van der Waals surface area contributed by atoms with Crippen LogP contribution in [0.15, 0.2) is 17.2 Å². The molecule has 0 spiro atoms. The lowest BCUT2D eigenvalue weighted by molar-refractivity contribution is 0.407. The van der Waals surface area contributed by atoms with E-state index in [1.165, 1.54) is 7.11 Å². The topological polar surface area (TPSA) is 70.9 Å². The van der Waals surface area contributed by atoms with Crippen LogP contribution in [0.4, 0.5) is 0 Å². The fourth-order valence-corrected chi connectivity index (χ4v) is 1.02. The van der Waals surface area contributed by atoms with E-state index < -0.39 is 0 Å². The van der Waals surface area contributed by atoms with Crippen LogP contribution in [0.25, 0.3) is 10.4 Å². The first kappa shape index (κ1) is 9.64. The maximum Gasteiger partial charge on any atom is 0.140 e. The molecule has 0 amide bonds. The van der Waals surface area contributed by atoms with E-state index in [0.717, 1.165) is 0 Å². The molecule has 1 aromatic rings. The third-order valence-electron chi connectivity index (χ3n) is 1.40. The highest BCUT2D eigenvalue weighted by molar-refractivity contribution is 6.29. The second-order valence-electron chi connectivity index (χ2n) is 2.17. The predicted octanol–water partition coefficient (Wildman–Crippen LogP) is 2.55. The van der Waals surface area contributed by atoms with Gasteiger partial charge in [0.1, 0.15) is 10.9 Å². The maximum absolute atomic E-state index is 8.12. The summed E-state index contributed by atoms with van der Waals surface area (Å²) < 4.78 is 4.99. The molecule has 1 rings (SSSR count). The van der Waals surface area contributed by atoms with Gasteiger partial charge in [-0.3, -0.25) is 0 Å². The molecule has 0 bridgehead atoms. The minimum atomic E-state index is 0.139. The lowest BCUT2D eigenvalue weighted by Gasteiger charge is -2.04. The second kappa shape index (κ2) is 4.54. The van der Waals surface area contributed by atoms with Crippen molar-refractivity contribution in [3.63, 3.8) is 0 Å². The van der Waals surface area contributed by atoms with Crippen LogP contribution in [-0.4, -0.2) is 12.1 Å². The van der Waals surface area contributed by atoms with Gasteiger partial charge in [0.15, 0.2) is 0 Å². The minimum absolute atomic E-state index is 0.139. The molecule has 0 aliphatic carbocycles. The van der Waals surface area contributed by atoms with Gasteiger partial charge >= 0.3 is 0 Å². The van der Waals surface area contributed by atoms with E-state index in [1.807, 2.05) is 0 Å². The van der Waals surface area contributed by atoms with Gasteiger partial charge in [0.05, 0.1) is 19.3 Å². The number of hydrogen-bond acceptors (Lipinski definition) is 3. The van der Waals surface area contributed by atoms with Crippen molar-refractivity contribution in [3.05, 3.63) is 33.4 Å². The molecule has 68 valence electrons. The largest absolute Gasteiger partial charge is 0.495 e. The van der Waals surface area contributed by atoms with Crippen molar-refractivity contribution in [1.82, 2.24) is 4.98 Å². The highest BCUT2D eigenvalue weighted by Gasteiger charge is 2.03. The van der Waals surface area contributed by atoms with E-state index in [0.29, 0.717) is 16.6 Å². The zero-order valence-electron chi connectivity index (χ0n) is 6.94. The fourth-order valence-electron chi connectivity index (χ4n) is 0.860. The summed E-state index contributed by atoms with van der Waals surface area (Å²) in [5.74, 6) is 0.566. The Labute approximate surface area is 79.9 Å². The summed E-state index contributed by atoms with van der Waals surface area (Å²) in [7, 11) is 1.52. The first-order valence-corrected chi connectivity index (χ1v) is 3.86. The first-order valence-electron chi connectivity index (χ1n) is 3.48. The molecule has 0 atom stereocenters. The minimum Gasteiger partial charge on any atom is -0.495 e. The molecular weight excluding hydrogens is 192 g/mol. The average Bonchev–Trinajstić information content (AvgIpc) is 2.15. The number of azide groups is 1. The molecule has 6 heteroatoms. The maximum atomic E-state index is 8.12. The van der Waals surface area contributed by atoms with Crippen molar-refractivity contribution in [2.24, 2.45) is 5.11 Å². The van der Waals surface area contributed by atoms with Crippen LogP contribution in [0.3, 0.4) is 0 Å². The van der Waals surface area contributed by atoms with Gasteiger partial charge in [0, 0.05) is 4.91 Å². The van der Waals surface area contributed by atoms with Crippen molar-refractivity contribution in [2.45, 2.75) is 6.54 Å². The molecule has 0 aliphatic rings. The Morgan fingerprint density at radius 1 is 1.69 bits per heavy atom. The summed E-state index contributed by atoms with van der Waals surface area (Å²) in [6.45, 7) is 0.139. The van der Waals surface area contributed by atoms with E-state index in [4.69, 9.17) is 21.9 Å². The number of nitrogens with zero attached hydrogens (tertiary/aromatic N) is 4. The van der Waals surface area contributed by atoms with E-state index in [-0.39, 0.29) is 6.54 Å². The molecule has 13 heavy (non-hydrogen) atoms. The molecule has 1 aromatic heterocycles. The molecular formula is C7H7ClN4O. The monoisotopic (exact) mass is 198 g/mol. The van der Waals surface area contributed by atoms with Crippen LogP contribution in [0.1, 0.15) is 5.69 Å². The van der Waals surface area contributed by atoms with E-state index in [1.54, 1.807) is 12.1 Å². The number of ether oxygens (including phenoxy) is 1. The second-order valence-corrected chi connectivity index (χ2v) is 2.56. The summed E-state index contributed by atoms with van der Waals surface area (Å²) in [5.41, 5.74) is 8.65. The fraction of sp³-hybridized carbons (Fsp3) is 0.286. The Hall–Kier alpha value is -1.45. The van der Waals surface area contributed by atoms with Crippen LogP contribution >= 0.6 is 11.6 Å². The highest BCUT2D eigenvalue weighted by atomic mass is 35.5. The van der Waals surface area contributed by atoms with Gasteiger partial charge in [-0.05, 0) is 17.7 Å². The summed E-state index contributed by atoms with van der Waals surface area (Å²) >= 11 is 5.65. The van der Waals surface area contributed by atoms with Crippen molar-refractivity contribution < 1.29 is 4.74 Å². The normalized spacial score (nSPS) is 9.08. The molecule has 0 saturated carbocycles. The van der Waals surface area contributed by atoms with Crippen LogP contribution in [-0.2, 0) is 6.54 Å². The standard InChI is InChI=1S/C7H7ClN4O/c1-13-6-2-3-7(8)11-5(6)4-10-12-9/h2-3H,4H2,1H3. The number of aromatic nitrogens is 1. The predicted molar refractivity (Wildman–Crippen MR) is 48.6 cm³/mol. The summed E-state index contributed by atoms with van der Waals surface area (Å²) in [4.78, 5) is 6.58. The van der Waals surface area contributed by atoms with Gasteiger partial charge in [-0.2, -0.15) is 0 Å². The molecule has 0 unspecified atom stereocenters. The van der Waals surface area contributed by atoms with E-state index in [9.17, 15) is 0 Å². The third-order valence-corrected chi connectivity index (χ3v) is 1.61. The Kier molecular flexibility index (Phi) is 3.37. The van der Waals surface area contributed by atoms with Gasteiger partial charge in [0.2, 0.25) is 0 Å². The number of halogens is 1. The number of pyridine rings is 1. The Balaban J connectivity index is 3.00. The Bertz CT molecular complexity index is 348. The van der Waals surface area contributed by atoms with E-state index >= 15 is 0 Å². The zero-order chi connectivity index (χ0) is 9.68. The van der Waals surface area contributed by atoms with Crippen LogP contribution in [0, 0.1) is 0 Å².